The maximum absolute atomic E-state index is 13.3. The SMILES string of the molecule is Cc1c(OC(=O)C2CC2)ccc2c1O/C(=C\c1cccc(F)c1)C2=O. The van der Waals surface area contributed by atoms with Gasteiger partial charge in [0.25, 0.3) is 0 Å². The maximum Gasteiger partial charge on any atom is 0.314 e. The molecule has 2 aliphatic rings. The molecule has 2 aromatic carbocycles. The number of ketones is 1. The topological polar surface area (TPSA) is 52.6 Å². The third-order valence-corrected chi connectivity index (χ3v) is 4.30. The molecule has 1 aliphatic heterocycles. The Kier molecular flexibility index (Phi) is 3.64. The quantitative estimate of drug-likeness (QED) is 0.481. The van der Waals surface area contributed by atoms with Gasteiger partial charge in [-0.2, -0.15) is 0 Å². The van der Waals surface area contributed by atoms with Crippen molar-refractivity contribution in [3.05, 3.63) is 64.7 Å². The fraction of sp³-hybridized carbons (Fsp3) is 0.200. The monoisotopic (exact) mass is 338 g/mol. The standard InChI is InChI=1S/C20H15FO4/c1-11-16(25-20(23)13-5-6-13)8-7-15-18(22)17(24-19(11)15)10-12-3-2-4-14(21)9-12/h2-4,7-10,13H,5-6H2,1H3/b17-10-. The molecule has 4 nitrogen and oxygen atoms in total. The van der Waals surface area contributed by atoms with Crippen molar-refractivity contribution in [2.24, 2.45) is 5.92 Å². The second-order valence-corrected chi connectivity index (χ2v) is 6.26. The molecular formula is C20H15FO4. The average Bonchev–Trinajstić information content (AvgIpc) is 3.38. The number of hydrogen-bond acceptors (Lipinski definition) is 4. The van der Waals surface area contributed by atoms with Gasteiger partial charge in [-0.15, -0.1) is 0 Å². The van der Waals surface area contributed by atoms with Crippen molar-refractivity contribution in [2.45, 2.75) is 19.8 Å². The highest BCUT2D eigenvalue weighted by Gasteiger charge is 2.34. The summed E-state index contributed by atoms with van der Waals surface area (Å²) in [5.74, 6) is -0.0229. The van der Waals surface area contributed by atoms with Crippen LogP contribution in [0.25, 0.3) is 6.08 Å². The number of carbonyl (C=O) groups excluding carboxylic acids is 2. The number of benzene rings is 2. The molecule has 126 valence electrons. The summed E-state index contributed by atoms with van der Waals surface area (Å²) >= 11 is 0. The molecule has 2 aromatic rings. The van der Waals surface area contributed by atoms with Gasteiger partial charge in [0.05, 0.1) is 11.5 Å². The first-order valence-corrected chi connectivity index (χ1v) is 8.08. The zero-order chi connectivity index (χ0) is 17.6. The van der Waals surface area contributed by atoms with E-state index in [0.29, 0.717) is 28.2 Å². The molecule has 0 N–H and O–H groups in total. The van der Waals surface area contributed by atoms with Crippen LogP contribution >= 0.6 is 0 Å². The first-order chi connectivity index (χ1) is 12.0. The molecule has 1 saturated carbocycles. The number of ether oxygens (including phenoxy) is 2. The number of allylic oxidation sites excluding steroid dienone is 1. The van der Waals surface area contributed by atoms with Crippen LogP contribution in [0, 0.1) is 18.7 Å². The van der Waals surface area contributed by atoms with E-state index < -0.39 is 0 Å². The third kappa shape index (κ3) is 2.93. The van der Waals surface area contributed by atoms with Gasteiger partial charge >= 0.3 is 5.97 Å². The Hall–Kier alpha value is -2.95. The Labute approximate surface area is 143 Å². The Balaban J connectivity index is 1.64. The lowest BCUT2D eigenvalue weighted by Gasteiger charge is -2.09. The Morgan fingerprint density at radius 3 is 2.80 bits per heavy atom. The van der Waals surface area contributed by atoms with E-state index in [4.69, 9.17) is 9.47 Å². The molecule has 0 spiro atoms. The third-order valence-electron chi connectivity index (χ3n) is 4.30. The van der Waals surface area contributed by atoms with Crippen LogP contribution in [0.1, 0.15) is 34.3 Å². The molecule has 5 heteroatoms. The number of carbonyl (C=O) groups is 2. The minimum Gasteiger partial charge on any atom is -0.452 e. The Bertz CT molecular complexity index is 925. The maximum atomic E-state index is 13.3. The molecule has 0 saturated heterocycles. The molecule has 25 heavy (non-hydrogen) atoms. The van der Waals surface area contributed by atoms with Gasteiger partial charge in [0.2, 0.25) is 5.78 Å². The Morgan fingerprint density at radius 2 is 2.08 bits per heavy atom. The molecule has 0 atom stereocenters. The summed E-state index contributed by atoms with van der Waals surface area (Å²) in [5.41, 5.74) is 1.54. The number of rotatable bonds is 3. The van der Waals surface area contributed by atoms with Crippen LogP contribution in [-0.2, 0) is 4.79 Å². The van der Waals surface area contributed by atoms with E-state index in [9.17, 15) is 14.0 Å². The molecule has 1 heterocycles. The van der Waals surface area contributed by atoms with E-state index in [1.165, 1.54) is 18.2 Å². The zero-order valence-electron chi connectivity index (χ0n) is 13.5. The minimum absolute atomic E-state index is 0.0151. The van der Waals surface area contributed by atoms with Gasteiger partial charge in [0.15, 0.2) is 5.76 Å². The summed E-state index contributed by atoms with van der Waals surface area (Å²) in [6.45, 7) is 1.74. The van der Waals surface area contributed by atoms with Crippen LogP contribution in [0.5, 0.6) is 11.5 Å². The van der Waals surface area contributed by atoms with Gasteiger partial charge in [-0.05, 0) is 55.7 Å². The largest absolute Gasteiger partial charge is 0.452 e. The summed E-state index contributed by atoms with van der Waals surface area (Å²) in [5, 5.41) is 0. The molecule has 0 amide bonds. The van der Waals surface area contributed by atoms with Crippen molar-refractivity contribution in [1.82, 2.24) is 0 Å². The molecule has 0 unspecified atom stereocenters. The smallest absolute Gasteiger partial charge is 0.314 e. The summed E-state index contributed by atoms with van der Waals surface area (Å²) < 4.78 is 24.4. The zero-order valence-corrected chi connectivity index (χ0v) is 13.5. The van der Waals surface area contributed by atoms with Gasteiger partial charge in [-0.25, -0.2) is 4.39 Å². The van der Waals surface area contributed by atoms with Gasteiger partial charge in [-0.1, -0.05) is 12.1 Å². The van der Waals surface area contributed by atoms with Gasteiger partial charge in [-0.3, -0.25) is 9.59 Å². The second-order valence-electron chi connectivity index (χ2n) is 6.26. The van der Waals surface area contributed by atoms with Gasteiger partial charge < -0.3 is 9.47 Å². The van der Waals surface area contributed by atoms with E-state index in [1.807, 2.05) is 0 Å². The normalized spacial score (nSPS) is 17.4. The fourth-order valence-electron chi connectivity index (χ4n) is 2.74. The van der Waals surface area contributed by atoms with Crippen molar-refractivity contribution in [3.63, 3.8) is 0 Å². The fourth-order valence-corrected chi connectivity index (χ4v) is 2.74. The molecule has 1 fully saturated rings. The molecule has 4 rings (SSSR count). The van der Waals surface area contributed by atoms with Crippen molar-refractivity contribution in [1.29, 1.82) is 0 Å². The Morgan fingerprint density at radius 1 is 1.28 bits per heavy atom. The van der Waals surface area contributed by atoms with E-state index >= 15 is 0 Å². The number of fused-ring (bicyclic) bond motifs is 1. The average molecular weight is 338 g/mol. The first-order valence-electron chi connectivity index (χ1n) is 8.08. The van der Waals surface area contributed by atoms with Gasteiger partial charge in [0, 0.05) is 5.56 Å². The van der Waals surface area contributed by atoms with Crippen LogP contribution in [0.3, 0.4) is 0 Å². The summed E-state index contributed by atoms with van der Waals surface area (Å²) in [4.78, 5) is 24.3. The van der Waals surface area contributed by atoms with Crippen LogP contribution in [0.4, 0.5) is 4.39 Å². The second kappa shape index (κ2) is 5.84. The van der Waals surface area contributed by atoms with Gasteiger partial charge in [0.1, 0.15) is 17.3 Å². The highest BCUT2D eigenvalue weighted by molar-refractivity contribution is 6.15. The van der Waals surface area contributed by atoms with Crippen molar-refractivity contribution in [3.8, 4) is 11.5 Å². The lowest BCUT2D eigenvalue weighted by molar-refractivity contribution is -0.135. The van der Waals surface area contributed by atoms with E-state index in [0.717, 1.165) is 12.8 Å². The number of esters is 1. The molecular weight excluding hydrogens is 323 g/mol. The number of Topliss-reactive ketones (excluding diaryl/α,β-unsaturated/α-hetero) is 1. The predicted octanol–water partition coefficient (Wildman–Crippen LogP) is 4.07. The highest BCUT2D eigenvalue weighted by atomic mass is 19.1. The van der Waals surface area contributed by atoms with Crippen molar-refractivity contribution < 1.29 is 23.5 Å². The highest BCUT2D eigenvalue weighted by Crippen LogP contribution is 2.40. The van der Waals surface area contributed by atoms with Crippen molar-refractivity contribution >= 4 is 17.8 Å². The molecule has 0 bridgehead atoms. The summed E-state index contributed by atoms with van der Waals surface area (Å²) in [7, 11) is 0. The molecule has 0 aromatic heterocycles. The van der Waals surface area contributed by atoms with Crippen LogP contribution in [0.15, 0.2) is 42.2 Å². The number of halogens is 1. The summed E-state index contributed by atoms with van der Waals surface area (Å²) in [6, 6.07) is 9.11. The number of hydrogen-bond donors (Lipinski definition) is 0. The molecule has 1 aliphatic carbocycles. The van der Waals surface area contributed by atoms with E-state index in [2.05, 4.69) is 0 Å². The van der Waals surface area contributed by atoms with Crippen molar-refractivity contribution in [2.75, 3.05) is 0 Å². The van der Waals surface area contributed by atoms with E-state index in [-0.39, 0.29) is 29.2 Å². The molecule has 0 radical (unpaired) electrons. The predicted molar refractivity (Wildman–Crippen MR) is 88.9 cm³/mol. The van der Waals surface area contributed by atoms with E-state index in [1.54, 1.807) is 31.2 Å². The van der Waals surface area contributed by atoms with Crippen LogP contribution in [0.2, 0.25) is 0 Å². The lowest BCUT2D eigenvalue weighted by atomic mass is 10.1. The first kappa shape index (κ1) is 15.6. The van der Waals surface area contributed by atoms with Crippen LogP contribution in [-0.4, -0.2) is 11.8 Å². The minimum atomic E-state index is -0.386. The summed E-state index contributed by atoms with van der Waals surface area (Å²) in [6.07, 6.45) is 3.22. The lowest BCUT2D eigenvalue weighted by Crippen LogP contribution is -2.10. The van der Waals surface area contributed by atoms with Crippen LogP contribution < -0.4 is 9.47 Å².